The molecule has 0 radical (unpaired) electrons. The lowest BCUT2D eigenvalue weighted by molar-refractivity contribution is -0.141. The summed E-state index contributed by atoms with van der Waals surface area (Å²) in [6.45, 7) is 2.00. The zero-order valence-corrected chi connectivity index (χ0v) is 13.5. The first-order chi connectivity index (χ1) is 11.4. The number of benzene rings is 1. The molecule has 9 heteroatoms. The number of aromatic nitrogens is 3. The molecular formula is C15H14ClFN4O3. The van der Waals surface area contributed by atoms with Crippen LogP contribution in [0.15, 0.2) is 18.2 Å². The van der Waals surface area contributed by atoms with Gasteiger partial charge in [0.05, 0.1) is 16.4 Å². The Morgan fingerprint density at radius 1 is 1.42 bits per heavy atom. The number of likely N-dealkylation sites (tertiary alicyclic amines) is 1. The molecule has 1 aromatic carbocycles. The normalized spacial score (nSPS) is 17.3. The van der Waals surface area contributed by atoms with Gasteiger partial charge in [-0.3, -0.25) is 4.79 Å². The number of rotatable bonds is 3. The number of nitrogens with zero attached hydrogens (tertiary/aromatic N) is 4. The van der Waals surface area contributed by atoms with Crippen LogP contribution in [0.2, 0.25) is 5.02 Å². The van der Waals surface area contributed by atoms with Gasteiger partial charge in [-0.05, 0) is 38.0 Å². The van der Waals surface area contributed by atoms with Crippen LogP contribution in [0.3, 0.4) is 0 Å². The van der Waals surface area contributed by atoms with Crippen molar-refractivity contribution in [3.05, 3.63) is 40.4 Å². The first kappa shape index (κ1) is 16.4. The second-order valence-electron chi connectivity index (χ2n) is 5.53. The fourth-order valence-corrected chi connectivity index (χ4v) is 2.97. The van der Waals surface area contributed by atoms with E-state index in [1.54, 1.807) is 6.92 Å². The van der Waals surface area contributed by atoms with Gasteiger partial charge in [0.15, 0.2) is 5.69 Å². The van der Waals surface area contributed by atoms with Gasteiger partial charge in [0.1, 0.15) is 11.9 Å². The van der Waals surface area contributed by atoms with Crippen LogP contribution in [0.25, 0.3) is 5.69 Å². The van der Waals surface area contributed by atoms with E-state index in [9.17, 15) is 19.1 Å². The van der Waals surface area contributed by atoms with E-state index in [2.05, 4.69) is 10.3 Å². The van der Waals surface area contributed by atoms with Gasteiger partial charge in [-0.25, -0.2) is 13.9 Å². The third-order valence-corrected chi connectivity index (χ3v) is 4.33. The van der Waals surface area contributed by atoms with Crippen LogP contribution in [0.1, 0.15) is 29.0 Å². The molecule has 0 saturated carbocycles. The standard InChI is InChI=1S/C15H14ClFN4O3/c1-8-13(14(22)20-6-2-3-12(20)15(23)24)18-19-21(8)9-4-5-11(17)10(16)7-9/h4-5,7,12H,2-3,6H2,1H3,(H,23,24). The zero-order chi connectivity index (χ0) is 17.4. The number of carboxylic acid groups (broad SMARTS) is 1. The first-order valence-electron chi connectivity index (χ1n) is 7.31. The highest BCUT2D eigenvalue weighted by Crippen LogP contribution is 2.23. The predicted octanol–water partition coefficient (Wildman–Crippen LogP) is 2.06. The van der Waals surface area contributed by atoms with E-state index in [1.807, 2.05) is 0 Å². The second kappa shape index (κ2) is 6.20. The van der Waals surface area contributed by atoms with Crippen molar-refractivity contribution in [3.8, 4) is 5.69 Å². The number of halogens is 2. The van der Waals surface area contributed by atoms with Gasteiger partial charge in [0.2, 0.25) is 0 Å². The largest absolute Gasteiger partial charge is 0.480 e. The molecule has 0 bridgehead atoms. The number of carbonyl (C=O) groups excluding carboxylic acids is 1. The van der Waals surface area contributed by atoms with Gasteiger partial charge in [0.25, 0.3) is 5.91 Å². The van der Waals surface area contributed by atoms with Gasteiger partial charge < -0.3 is 10.0 Å². The minimum absolute atomic E-state index is 0.0687. The van der Waals surface area contributed by atoms with Crippen molar-refractivity contribution >= 4 is 23.5 Å². The highest BCUT2D eigenvalue weighted by molar-refractivity contribution is 6.30. The predicted molar refractivity (Wildman–Crippen MR) is 82.8 cm³/mol. The molecule has 1 aliphatic rings. The van der Waals surface area contributed by atoms with Crippen LogP contribution in [0.5, 0.6) is 0 Å². The quantitative estimate of drug-likeness (QED) is 0.913. The fourth-order valence-electron chi connectivity index (χ4n) is 2.79. The smallest absolute Gasteiger partial charge is 0.326 e. The third-order valence-electron chi connectivity index (χ3n) is 4.04. The molecule has 1 N–H and O–H groups in total. The van der Waals surface area contributed by atoms with Gasteiger partial charge >= 0.3 is 5.97 Å². The van der Waals surface area contributed by atoms with E-state index in [-0.39, 0.29) is 10.7 Å². The molecular weight excluding hydrogens is 339 g/mol. The number of aliphatic carboxylic acids is 1. The van der Waals surface area contributed by atoms with Crippen LogP contribution in [0, 0.1) is 12.7 Å². The summed E-state index contributed by atoms with van der Waals surface area (Å²) in [5.41, 5.74) is 0.962. The molecule has 1 fully saturated rings. The van der Waals surface area contributed by atoms with Crippen molar-refractivity contribution in [2.75, 3.05) is 6.54 Å². The Morgan fingerprint density at radius 3 is 2.83 bits per heavy atom. The Labute approximate surface area is 141 Å². The lowest BCUT2D eigenvalue weighted by Gasteiger charge is -2.20. The molecule has 1 aliphatic heterocycles. The lowest BCUT2D eigenvalue weighted by Crippen LogP contribution is -2.40. The monoisotopic (exact) mass is 352 g/mol. The van der Waals surface area contributed by atoms with Gasteiger partial charge in [-0.2, -0.15) is 0 Å². The van der Waals surface area contributed by atoms with Crippen molar-refractivity contribution in [3.63, 3.8) is 0 Å². The highest BCUT2D eigenvalue weighted by atomic mass is 35.5. The van der Waals surface area contributed by atoms with Gasteiger partial charge in [0, 0.05) is 6.54 Å². The molecule has 1 saturated heterocycles. The molecule has 0 spiro atoms. The van der Waals surface area contributed by atoms with E-state index >= 15 is 0 Å². The van der Waals surface area contributed by atoms with E-state index in [0.29, 0.717) is 30.8 Å². The number of hydrogen-bond donors (Lipinski definition) is 1. The van der Waals surface area contributed by atoms with Crippen molar-refractivity contribution in [1.29, 1.82) is 0 Å². The number of carboxylic acids is 1. The van der Waals surface area contributed by atoms with Crippen molar-refractivity contribution < 1.29 is 19.1 Å². The molecule has 24 heavy (non-hydrogen) atoms. The minimum atomic E-state index is -1.03. The molecule has 3 rings (SSSR count). The molecule has 0 aliphatic carbocycles. The Kier molecular flexibility index (Phi) is 4.23. The molecule has 2 heterocycles. The van der Waals surface area contributed by atoms with E-state index in [0.717, 1.165) is 0 Å². The summed E-state index contributed by atoms with van der Waals surface area (Å²) in [5, 5.41) is 16.9. The highest BCUT2D eigenvalue weighted by Gasteiger charge is 2.36. The average Bonchev–Trinajstić information content (AvgIpc) is 3.16. The van der Waals surface area contributed by atoms with E-state index in [4.69, 9.17) is 11.6 Å². The first-order valence-corrected chi connectivity index (χ1v) is 7.69. The van der Waals surface area contributed by atoms with Crippen LogP contribution in [0.4, 0.5) is 4.39 Å². The Bertz CT molecular complexity index is 823. The Hall–Kier alpha value is -2.48. The molecule has 1 aromatic heterocycles. The SMILES string of the molecule is Cc1c(C(=O)N2CCCC2C(=O)O)nnn1-c1ccc(F)c(Cl)c1. The average molecular weight is 353 g/mol. The summed E-state index contributed by atoms with van der Waals surface area (Å²) >= 11 is 5.77. The van der Waals surface area contributed by atoms with Crippen LogP contribution < -0.4 is 0 Å². The van der Waals surface area contributed by atoms with Crippen molar-refractivity contribution in [2.45, 2.75) is 25.8 Å². The lowest BCUT2D eigenvalue weighted by atomic mass is 10.2. The van der Waals surface area contributed by atoms with Gasteiger partial charge in [-0.15, -0.1) is 5.10 Å². The van der Waals surface area contributed by atoms with Crippen molar-refractivity contribution in [2.24, 2.45) is 0 Å². The molecule has 1 amide bonds. The summed E-state index contributed by atoms with van der Waals surface area (Å²) in [6.07, 6.45) is 1.05. The molecule has 7 nitrogen and oxygen atoms in total. The summed E-state index contributed by atoms with van der Waals surface area (Å²) in [4.78, 5) is 25.1. The maximum atomic E-state index is 13.3. The number of hydrogen-bond acceptors (Lipinski definition) is 4. The summed E-state index contributed by atoms with van der Waals surface area (Å²) in [6, 6.07) is 3.19. The second-order valence-corrected chi connectivity index (χ2v) is 5.94. The summed E-state index contributed by atoms with van der Waals surface area (Å²) in [7, 11) is 0. The van der Waals surface area contributed by atoms with E-state index in [1.165, 1.54) is 27.8 Å². The van der Waals surface area contributed by atoms with Crippen LogP contribution in [-0.2, 0) is 4.79 Å². The molecule has 2 aromatic rings. The Balaban J connectivity index is 1.93. The van der Waals surface area contributed by atoms with Crippen LogP contribution >= 0.6 is 11.6 Å². The maximum absolute atomic E-state index is 13.3. The van der Waals surface area contributed by atoms with Gasteiger partial charge in [-0.1, -0.05) is 16.8 Å². The Morgan fingerprint density at radius 2 is 2.17 bits per heavy atom. The topological polar surface area (TPSA) is 88.3 Å². The summed E-state index contributed by atoms with van der Waals surface area (Å²) in [5.74, 6) is -2.07. The number of carbonyl (C=O) groups is 2. The minimum Gasteiger partial charge on any atom is -0.480 e. The van der Waals surface area contributed by atoms with Crippen LogP contribution in [-0.4, -0.2) is 49.5 Å². The fraction of sp³-hybridized carbons (Fsp3) is 0.333. The molecule has 1 unspecified atom stereocenters. The molecule has 1 atom stereocenters. The number of amides is 1. The maximum Gasteiger partial charge on any atom is 0.326 e. The summed E-state index contributed by atoms with van der Waals surface area (Å²) < 4.78 is 14.6. The molecule has 126 valence electrons. The zero-order valence-electron chi connectivity index (χ0n) is 12.7. The van der Waals surface area contributed by atoms with E-state index < -0.39 is 23.7 Å². The van der Waals surface area contributed by atoms with Crippen molar-refractivity contribution in [1.82, 2.24) is 19.9 Å². The third kappa shape index (κ3) is 2.73.